The number of carbonyl (C=O) groups is 1. The van der Waals surface area contributed by atoms with Crippen LogP contribution in [0.1, 0.15) is 16.8 Å². The van der Waals surface area contributed by atoms with Crippen molar-refractivity contribution in [1.29, 1.82) is 0 Å². The van der Waals surface area contributed by atoms with Crippen molar-refractivity contribution in [3.05, 3.63) is 46.2 Å². The van der Waals surface area contributed by atoms with E-state index in [2.05, 4.69) is 21.8 Å². The first-order chi connectivity index (χ1) is 16.0. The Morgan fingerprint density at radius 3 is 2.70 bits per heavy atom. The van der Waals surface area contributed by atoms with Crippen LogP contribution in [0, 0.1) is 0 Å². The van der Waals surface area contributed by atoms with Crippen LogP contribution in [0.4, 0.5) is 5.95 Å². The summed E-state index contributed by atoms with van der Waals surface area (Å²) in [5.41, 5.74) is 7.39. The zero-order valence-electron chi connectivity index (χ0n) is 18.4. The van der Waals surface area contributed by atoms with Gasteiger partial charge in [0.25, 0.3) is 5.91 Å². The lowest BCUT2D eigenvalue weighted by atomic mass is 10.2. The van der Waals surface area contributed by atoms with Gasteiger partial charge in [-0.05, 0) is 25.6 Å². The van der Waals surface area contributed by atoms with E-state index in [1.54, 1.807) is 11.1 Å². The Kier molecular flexibility index (Phi) is 4.82. The summed E-state index contributed by atoms with van der Waals surface area (Å²) in [4.78, 5) is 43.3. The average molecular weight is 464 g/mol. The van der Waals surface area contributed by atoms with E-state index in [1.807, 2.05) is 28.7 Å². The maximum absolute atomic E-state index is 13.6. The maximum Gasteiger partial charge on any atom is 0.260 e. The van der Waals surface area contributed by atoms with Gasteiger partial charge in [-0.25, -0.2) is 4.98 Å². The molecule has 170 valence electrons. The highest BCUT2D eigenvalue weighted by Gasteiger charge is 2.30. The normalized spacial score (nSPS) is 19.9. The Balaban J connectivity index is 1.60. The Morgan fingerprint density at radius 2 is 1.94 bits per heavy atom. The quantitative estimate of drug-likeness (QED) is 0.479. The molecule has 1 amide bonds. The summed E-state index contributed by atoms with van der Waals surface area (Å²) in [6.45, 7) is 4.55. The number of fused-ring (bicyclic) bond motifs is 5. The molecule has 9 nitrogen and oxygen atoms in total. The number of likely N-dealkylation sites (tertiary alicyclic amines) is 1. The van der Waals surface area contributed by atoms with Gasteiger partial charge in [-0.2, -0.15) is 4.98 Å². The van der Waals surface area contributed by atoms with Crippen LogP contribution in [0.25, 0.3) is 26.1 Å². The molecule has 2 aliphatic heterocycles. The number of para-hydroxylation sites is 1. The topological polar surface area (TPSA) is 100 Å². The highest BCUT2D eigenvalue weighted by atomic mass is 32.1. The molecule has 4 aromatic rings. The fourth-order valence-electron chi connectivity index (χ4n) is 4.76. The van der Waals surface area contributed by atoms with E-state index in [-0.39, 0.29) is 22.9 Å². The van der Waals surface area contributed by atoms with Gasteiger partial charge in [0.15, 0.2) is 5.65 Å². The predicted octanol–water partition coefficient (Wildman–Crippen LogP) is 1.38. The monoisotopic (exact) mass is 463 g/mol. The van der Waals surface area contributed by atoms with E-state index in [1.165, 1.54) is 11.3 Å². The van der Waals surface area contributed by atoms with E-state index in [4.69, 9.17) is 10.7 Å². The summed E-state index contributed by atoms with van der Waals surface area (Å²) in [6.07, 6.45) is 2.33. The molecule has 2 saturated heterocycles. The minimum Gasteiger partial charge on any atom is -0.338 e. The summed E-state index contributed by atoms with van der Waals surface area (Å²) in [5, 5.41) is 0.362. The molecular weight excluding hydrogens is 438 g/mol. The number of nitrogens with two attached hydrogens (primary N) is 1. The highest BCUT2D eigenvalue weighted by molar-refractivity contribution is 7.24. The minimum absolute atomic E-state index is 0.0514. The summed E-state index contributed by atoms with van der Waals surface area (Å²) in [5.74, 6) is 0.353. The lowest BCUT2D eigenvalue weighted by Gasteiger charge is -2.32. The summed E-state index contributed by atoms with van der Waals surface area (Å²) in [7, 11) is 2.10. The van der Waals surface area contributed by atoms with Crippen LogP contribution in [0.3, 0.4) is 0 Å². The number of likely N-dealkylation sites (N-methyl/N-ethyl adjacent to an activating group) is 1. The smallest absolute Gasteiger partial charge is 0.260 e. The van der Waals surface area contributed by atoms with Gasteiger partial charge in [0.05, 0.1) is 15.6 Å². The van der Waals surface area contributed by atoms with Crippen molar-refractivity contribution in [2.24, 2.45) is 5.73 Å². The fourth-order valence-corrected chi connectivity index (χ4v) is 5.94. The van der Waals surface area contributed by atoms with Crippen LogP contribution in [-0.4, -0.2) is 82.4 Å². The number of piperazine rings is 1. The third-order valence-electron chi connectivity index (χ3n) is 6.68. The zero-order valence-corrected chi connectivity index (χ0v) is 19.2. The summed E-state index contributed by atoms with van der Waals surface area (Å²) >= 11 is 1.45. The molecule has 0 aliphatic carbocycles. The second kappa shape index (κ2) is 7.75. The van der Waals surface area contributed by atoms with Gasteiger partial charge in [-0.1, -0.05) is 12.1 Å². The summed E-state index contributed by atoms with van der Waals surface area (Å²) in [6, 6.07) is 7.88. The second-order valence-corrected chi connectivity index (χ2v) is 9.94. The molecule has 0 bridgehead atoms. The molecule has 0 radical (unpaired) electrons. The minimum atomic E-state index is -0.313. The van der Waals surface area contributed by atoms with E-state index >= 15 is 0 Å². The molecule has 2 aliphatic rings. The van der Waals surface area contributed by atoms with Crippen molar-refractivity contribution in [2.75, 3.05) is 51.2 Å². The van der Waals surface area contributed by atoms with E-state index in [0.717, 1.165) is 42.8 Å². The van der Waals surface area contributed by atoms with Crippen molar-refractivity contribution in [2.45, 2.75) is 12.5 Å². The van der Waals surface area contributed by atoms with Gasteiger partial charge in [0, 0.05) is 51.5 Å². The van der Waals surface area contributed by atoms with Crippen molar-refractivity contribution in [3.63, 3.8) is 0 Å². The number of aromatic nitrogens is 3. The van der Waals surface area contributed by atoms with Gasteiger partial charge >= 0.3 is 0 Å². The first kappa shape index (κ1) is 20.5. The first-order valence-corrected chi connectivity index (χ1v) is 12.0. The lowest BCUT2D eigenvalue weighted by Crippen LogP contribution is -2.45. The number of pyridine rings is 1. The molecule has 0 saturated carbocycles. The largest absolute Gasteiger partial charge is 0.338 e. The molecule has 1 atom stereocenters. The molecule has 10 heteroatoms. The van der Waals surface area contributed by atoms with E-state index < -0.39 is 0 Å². The molecule has 1 unspecified atom stereocenters. The van der Waals surface area contributed by atoms with Gasteiger partial charge in [-0.3, -0.25) is 14.0 Å². The third kappa shape index (κ3) is 3.28. The number of rotatable bonds is 2. The maximum atomic E-state index is 13.6. The third-order valence-corrected chi connectivity index (χ3v) is 7.83. The molecular formula is C23H25N7O2S. The van der Waals surface area contributed by atoms with Crippen LogP contribution in [0.2, 0.25) is 0 Å². The van der Waals surface area contributed by atoms with Gasteiger partial charge < -0.3 is 20.4 Å². The van der Waals surface area contributed by atoms with Crippen LogP contribution in [0.5, 0.6) is 0 Å². The molecule has 1 aromatic carbocycles. The molecule has 2 N–H and O–H groups in total. The van der Waals surface area contributed by atoms with E-state index in [9.17, 15) is 9.59 Å². The Labute approximate surface area is 194 Å². The number of amides is 1. The van der Waals surface area contributed by atoms with E-state index in [0.29, 0.717) is 34.9 Å². The Hall–Kier alpha value is -3.08. The summed E-state index contributed by atoms with van der Waals surface area (Å²) < 4.78 is 2.96. The van der Waals surface area contributed by atoms with Crippen LogP contribution >= 0.6 is 11.3 Å². The molecule has 0 spiro atoms. The number of thiazole rings is 1. The Bertz CT molecular complexity index is 1450. The first-order valence-electron chi connectivity index (χ1n) is 11.2. The number of nitrogens with zero attached hydrogens (tertiary/aromatic N) is 6. The SMILES string of the molecule is CN1CCN(c2ncc3c(=O)c(C(=O)N4CCC(N)C4)c4sc5ccccc5n4c3n2)CC1. The Morgan fingerprint density at radius 1 is 1.15 bits per heavy atom. The highest BCUT2D eigenvalue weighted by Crippen LogP contribution is 2.31. The fraction of sp³-hybridized carbons (Fsp3) is 0.391. The predicted molar refractivity (Wildman–Crippen MR) is 130 cm³/mol. The molecule has 3 aromatic heterocycles. The number of carbonyl (C=O) groups excluding carboxylic acids is 1. The van der Waals surface area contributed by atoms with Crippen molar-refractivity contribution < 1.29 is 4.79 Å². The lowest BCUT2D eigenvalue weighted by molar-refractivity contribution is 0.0791. The molecule has 5 heterocycles. The molecule has 33 heavy (non-hydrogen) atoms. The second-order valence-electron chi connectivity index (χ2n) is 8.91. The number of hydrogen-bond acceptors (Lipinski definition) is 8. The zero-order chi connectivity index (χ0) is 22.7. The van der Waals surface area contributed by atoms with Crippen molar-refractivity contribution in [1.82, 2.24) is 24.2 Å². The number of benzene rings is 1. The van der Waals surface area contributed by atoms with Crippen molar-refractivity contribution in [3.8, 4) is 0 Å². The molecule has 6 rings (SSSR count). The van der Waals surface area contributed by atoms with Crippen LogP contribution in [-0.2, 0) is 0 Å². The number of anilines is 1. The van der Waals surface area contributed by atoms with Crippen LogP contribution < -0.4 is 16.1 Å². The standard InChI is InChI=1S/C23H25N7O2S/c1-27-8-10-28(11-9-27)23-25-12-15-19(31)18(21(32)29-7-6-14(24)13-29)22-30(20(15)26-23)16-4-2-3-5-17(16)33-22/h2-5,12,14H,6-11,13,24H2,1H3. The van der Waals surface area contributed by atoms with Gasteiger partial charge in [0.1, 0.15) is 10.4 Å². The average Bonchev–Trinajstić information content (AvgIpc) is 3.43. The van der Waals surface area contributed by atoms with Crippen molar-refractivity contribution >= 4 is 49.3 Å². The number of hydrogen-bond donors (Lipinski definition) is 1. The van der Waals surface area contributed by atoms with Gasteiger partial charge in [-0.15, -0.1) is 11.3 Å². The van der Waals surface area contributed by atoms with Crippen LogP contribution in [0.15, 0.2) is 35.3 Å². The van der Waals surface area contributed by atoms with Gasteiger partial charge in [0.2, 0.25) is 11.4 Å². The molecule has 2 fully saturated rings.